The summed E-state index contributed by atoms with van der Waals surface area (Å²) in [6, 6.07) is 8.33. The van der Waals surface area contributed by atoms with Gasteiger partial charge in [0, 0.05) is 22.1 Å². The van der Waals surface area contributed by atoms with E-state index in [4.69, 9.17) is 23.2 Å². The Kier molecular flexibility index (Phi) is 5.28. The van der Waals surface area contributed by atoms with E-state index in [1.807, 2.05) is 18.2 Å². The average Bonchev–Trinajstić information content (AvgIpc) is 2.84. The first-order chi connectivity index (χ1) is 9.06. The molecule has 1 N–H and O–H groups in total. The second kappa shape index (κ2) is 6.76. The van der Waals surface area contributed by atoms with E-state index in [1.165, 1.54) is 5.56 Å². The summed E-state index contributed by atoms with van der Waals surface area (Å²) < 4.78 is 0. The lowest BCUT2D eigenvalue weighted by molar-refractivity contribution is 0.477. The van der Waals surface area contributed by atoms with Crippen LogP contribution in [0.2, 0.25) is 10.0 Å². The molecule has 2 rings (SSSR count). The minimum Gasteiger partial charge on any atom is -0.307 e. The van der Waals surface area contributed by atoms with Crippen LogP contribution in [0.15, 0.2) is 35.0 Å². The van der Waals surface area contributed by atoms with Crippen molar-refractivity contribution in [3.63, 3.8) is 0 Å². The summed E-state index contributed by atoms with van der Waals surface area (Å²) in [4.78, 5) is 0. The van der Waals surface area contributed by atoms with Crippen LogP contribution in [0, 0.1) is 0 Å². The predicted molar refractivity (Wildman–Crippen MR) is 85.5 cm³/mol. The molecule has 0 fully saturated rings. The molecule has 1 nitrogen and oxygen atoms in total. The second-order valence-corrected chi connectivity index (χ2v) is 6.41. The molecular weight excluding hydrogens is 297 g/mol. The van der Waals surface area contributed by atoms with E-state index in [0.717, 1.165) is 22.0 Å². The van der Waals surface area contributed by atoms with Crippen LogP contribution in [0.3, 0.4) is 0 Å². The van der Waals surface area contributed by atoms with Gasteiger partial charge in [-0.05, 0) is 66.4 Å². The van der Waals surface area contributed by atoms with Crippen LogP contribution in [0.25, 0.3) is 0 Å². The summed E-state index contributed by atoms with van der Waals surface area (Å²) in [5, 5.41) is 9.34. The molecule has 0 spiro atoms. The van der Waals surface area contributed by atoms with Gasteiger partial charge < -0.3 is 5.32 Å². The summed E-state index contributed by atoms with van der Waals surface area (Å²) in [6.45, 7) is 4.30. The maximum absolute atomic E-state index is 6.22. The third-order valence-electron chi connectivity index (χ3n) is 3.08. The Morgan fingerprint density at radius 3 is 2.68 bits per heavy atom. The van der Waals surface area contributed by atoms with Crippen molar-refractivity contribution in [3.8, 4) is 0 Å². The lowest BCUT2D eigenvalue weighted by Crippen LogP contribution is -2.30. The smallest absolute Gasteiger partial charge is 0.0454 e. The molecule has 0 radical (unpaired) electrons. The third-order valence-corrected chi connectivity index (χ3v) is 4.39. The fraction of sp³-hybridized carbons (Fsp3) is 0.333. The Morgan fingerprint density at radius 1 is 1.21 bits per heavy atom. The van der Waals surface area contributed by atoms with Crippen molar-refractivity contribution in [1.29, 1.82) is 0 Å². The third kappa shape index (κ3) is 4.22. The summed E-state index contributed by atoms with van der Waals surface area (Å²) in [5.74, 6) is 0. The topological polar surface area (TPSA) is 12.0 Å². The van der Waals surface area contributed by atoms with Gasteiger partial charge in [0.25, 0.3) is 0 Å². The van der Waals surface area contributed by atoms with Gasteiger partial charge in [-0.1, -0.05) is 23.2 Å². The van der Waals surface area contributed by atoms with E-state index in [-0.39, 0.29) is 6.04 Å². The molecule has 0 amide bonds. The molecule has 0 saturated heterocycles. The van der Waals surface area contributed by atoms with Crippen molar-refractivity contribution < 1.29 is 0 Å². The minimum absolute atomic E-state index is 0.180. The number of benzene rings is 1. The van der Waals surface area contributed by atoms with Crippen molar-refractivity contribution >= 4 is 34.5 Å². The number of thiophene rings is 1. The number of nitrogens with one attached hydrogen (secondary N) is 1. The number of hydrogen-bond acceptors (Lipinski definition) is 2. The fourth-order valence-corrected chi connectivity index (χ4v) is 3.33. The molecular formula is C15H17Cl2NS. The number of hydrogen-bond donors (Lipinski definition) is 1. The van der Waals surface area contributed by atoms with Crippen LogP contribution in [0.4, 0.5) is 0 Å². The number of rotatable bonds is 5. The van der Waals surface area contributed by atoms with Gasteiger partial charge in [-0.2, -0.15) is 11.3 Å². The number of halogens is 2. The molecule has 0 aliphatic heterocycles. The molecule has 4 heteroatoms. The molecule has 1 aromatic carbocycles. The summed E-state index contributed by atoms with van der Waals surface area (Å²) >= 11 is 14.0. The zero-order valence-electron chi connectivity index (χ0n) is 11.0. The molecule has 19 heavy (non-hydrogen) atoms. The highest BCUT2D eigenvalue weighted by molar-refractivity contribution is 7.07. The molecule has 102 valence electrons. The molecule has 0 aliphatic carbocycles. The van der Waals surface area contributed by atoms with E-state index >= 15 is 0 Å². The summed E-state index contributed by atoms with van der Waals surface area (Å²) in [6.07, 6.45) is 1.02. The first-order valence-electron chi connectivity index (χ1n) is 6.28. The van der Waals surface area contributed by atoms with Crippen LogP contribution in [-0.2, 0) is 6.42 Å². The zero-order chi connectivity index (χ0) is 13.8. The quantitative estimate of drug-likeness (QED) is 0.786. The lowest BCUT2D eigenvalue weighted by atomic mass is 10.1. The van der Waals surface area contributed by atoms with E-state index < -0.39 is 0 Å². The van der Waals surface area contributed by atoms with Gasteiger partial charge in [-0.15, -0.1) is 0 Å². The van der Waals surface area contributed by atoms with Gasteiger partial charge in [-0.3, -0.25) is 0 Å². The Morgan fingerprint density at radius 2 is 2.00 bits per heavy atom. The van der Waals surface area contributed by atoms with Crippen molar-refractivity contribution in [1.82, 2.24) is 5.32 Å². The summed E-state index contributed by atoms with van der Waals surface area (Å²) in [7, 11) is 0. The van der Waals surface area contributed by atoms with E-state index in [0.29, 0.717) is 6.04 Å². The highest BCUT2D eigenvalue weighted by Gasteiger charge is 2.13. The van der Waals surface area contributed by atoms with Gasteiger partial charge in [0.1, 0.15) is 0 Å². The first-order valence-corrected chi connectivity index (χ1v) is 7.98. The predicted octanol–water partition coefficient (Wildman–Crippen LogP) is 5.34. The Labute approximate surface area is 128 Å². The van der Waals surface area contributed by atoms with E-state index in [9.17, 15) is 0 Å². The van der Waals surface area contributed by atoms with Crippen LogP contribution in [-0.4, -0.2) is 6.04 Å². The van der Waals surface area contributed by atoms with Gasteiger partial charge in [0.05, 0.1) is 0 Å². The van der Waals surface area contributed by atoms with E-state index in [2.05, 4.69) is 36.0 Å². The van der Waals surface area contributed by atoms with Crippen molar-refractivity contribution in [2.45, 2.75) is 32.4 Å². The molecule has 0 saturated carbocycles. The molecule has 2 unspecified atom stereocenters. The standard InChI is InChI=1S/C15H17Cl2NS/c1-10(7-12-5-6-19-9-12)18-11(2)14-8-13(16)3-4-15(14)17/h3-6,8-11,18H,7H2,1-2H3. The molecule has 1 aromatic heterocycles. The largest absolute Gasteiger partial charge is 0.307 e. The fourth-order valence-electron chi connectivity index (χ4n) is 2.18. The highest BCUT2D eigenvalue weighted by Crippen LogP contribution is 2.26. The van der Waals surface area contributed by atoms with Crippen molar-refractivity contribution in [2.24, 2.45) is 0 Å². The van der Waals surface area contributed by atoms with Crippen LogP contribution < -0.4 is 5.32 Å². The monoisotopic (exact) mass is 313 g/mol. The average molecular weight is 314 g/mol. The zero-order valence-corrected chi connectivity index (χ0v) is 13.3. The maximum atomic E-state index is 6.22. The van der Waals surface area contributed by atoms with Crippen LogP contribution in [0.1, 0.15) is 31.0 Å². The molecule has 1 heterocycles. The van der Waals surface area contributed by atoms with Crippen LogP contribution in [0.5, 0.6) is 0 Å². The van der Waals surface area contributed by atoms with Crippen molar-refractivity contribution in [3.05, 3.63) is 56.2 Å². The maximum Gasteiger partial charge on any atom is 0.0454 e. The molecule has 2 aromatic rings. The SMILES string of the molecule is CC(Cc1ccsc1)NC(C)c1cc(Cl)ccc1Cl. The normalized spacial score (nSPS) is 14.3. The van der Waals surface area contributed by atoms with Gasteiger partial charge in [-0.25, -0.2) is 0 Å². The van der Waals surface area contributed by atoms with E-state index in [1.54, 1.807) is 11.3 Å². The molecule has 0 aliphatic rings. The second-order valence-electron chi connectivity index (χ2n) is 4.79. The van der Waals surface area contributed by atoms with Gasteiger partial charge in [0.15, 0.2) is 0 Å². The molecule has 0 bridgehead atoms. The Balaban J connectivity index is 2.00. The van der Waals surface area contributed by atoms with Gasteiger partial charge >= 0.3 is 0 Å². The summed E-state index contributed by atoms with van der Waals surface area (Å²) in [5.41, 5.74) is 2.42. The Hall–Kier alpha value is -0.540. The minimum atomic E-state index is 0.180. The van der Waals surface area contributed by atoms with Crippen molar-refractivity contribution in [2.75, 3.05) is 0 Å². The highest BCUT2D eigenvalue weighted by atomic mass is 35.5. The lowest BCUT2D eigenvalue weighted by Gasteiger charge is -2.21. The van der Waals surface area contributed by atoms with Gasteiger partial charge in [0.2, 0.25) is 0 Å². The first kappa shape index (κ1) is 14.9. The van der Waals surface area contributed by atoms with Crippen LogP contribution >= 0.6 is 34.5 Å². The molecule has 2 atom stereocenters. The Bertz CT molecular complexity index is 525.